The van der Waals surface area contributed by atoms with Crippen LogP contribution in [0.1, 0.15) is 25.6 Å². The summed E-state index contributed by atoms with van der Waals surface area (Å²) < 4.78 is 0. The Balaban J connectivity index is 2.23. The third-order valence-corrected chi connectivity index (χ3v) is 4.63. The van der Waals surface area contributed by atoms with E-state index in [9.17, 15) is 0 Å². The van der Waals surface area contributed by atoms with Crippen LogP contribution in [-0.4, -0.2) is 48.1 Å². The molecule has 6 heteroatoms. The van der Waals surface area contributed by atoms with Crippen LogP contribution in [0.5, 0.6) is 0 Å². The molecule has 0 amide bonds. The summed E-state index contributed by atoms with van der Waals surface area (Å²) >= 11 is 1.75. The van der Waals surface area contributed by atoms with Crippen molar-refractivity contribution >= 4 is 33.3 Å². The van der Waals surface area contributed by atoms with E-state index in [0.29, 0.717) is 5.95 Å². The second-order valence-corrected chi connectivity index (χ2v) is 6.15. The second kappa shape index (κ2) is 7.56. The van der Waals surface area contributed by atoms with E-state index in [2.05, 4.69) is 59.4 Å². The first-order valence-electron chi connectivity index (χ1n) is 7.64. The van der Waals surface area contributed by atoms with Crippen molar-refractivity contribution in [2.24, 2.45) is 0 Å². The predicted molar refractivity (Wildman–Crippen MR) is 92.6 cm³/mol. The van der Waals surface area contributed by atoms with Gasteiger partial charge in [-0.05, 0) is 33.0 Å². The summed E-state index contributed by atoms with van der Waals surface area (Å²) in [7, 11) is 2.13. The SMILES string of the molecule is CCNc1nc(NCCN(C)CC)c2cc(CC)sc2n1. The maximum Gasteiger partial charge on any atom is 0.226 e. The van der Waals surface area contributed by atoms with Crippen LogP contribution in [0.25, 0.3) is 10.2 Å². The molecule has 0 unspecified atom stereocenters. The topological polar surface area (TPSA) is 53.1 Å². The third kappa shape index (κ3) is 4.04. The van der Waals surface area contributed by atoms with Gasteiger partial charge in [0.05, 0.1) is 5.39 Å². The first-order chi connectivity index (χ1) is 10.2. The number of hydrogen-bond acceptors (Lipinski definition) is 6. The van der Waals surface area contributed by atoms with E-state index < -0.39 is 0 Å². The molecule has 0 aliphatic rings. The molecule has 0 radical (unpaired) electrons. The van der Waals surface area contributed by atoms with Gasteiger partial charge in [0.1, 0.15) is 10.6 Å². The summed E-state index contributed by atoms with van der Waals surface area (Å²) in [5.41, 5.74) is 0. The molecule has 2 rings (SSSR count). The van der Waals surface area contributed by atoms with E-state index in [0.717, 1.165) is 48.6 Å². The molecule has 0 aliphatic carbocycles. The lowest BCUT2D eigenvalue weighted by atomic mass is 10.3. The number of rotatable bonds is 8. The van der Waals surface area contributed by atoms with Crippen LogP contribution in [0, 0.1) is 0 Å². The molecular formula is C15H25N5S. The van der Waals surface area contributed by atoms with Crippen LogP contribution in [-0.2, 0) is 6.42 Å². The fraction of sp³-hybridized carbons (Fsp3) is 0.600. The molecule has 116 valence electrons. The highest BCUT2D eigenvalue weighted by Gasteiger charge is 2.11. The van der Waals surface area contributed by atoms with E-state index >= 15 is 0 Å². The molecular weight excluding hydrogens is 282 g/mol. The van der Waals surface area contributed by atoms with Crippen molar-refractivity contribution in [1.29, 1.82) is 0 Å². The van der Waals surface area contributed by atoms with Gasteiger partial charge in [0.15, 0.2) is 0 Å². The van der Waals surface area contributed by atoms with Gasteiger partial charge in [-0.2, -0.15) is 4.98 Å². The number of fused-ring (bicyclic) bond motifs is 1. The highest BCUT2D eigenvalue weighted by atomic mass is 32.1. The minimum absolute atomic E-state index is 0.709. The summed E-state index contributed by atoms with van der Waals surface area (Å²) in [6, 6.07) is 2.21. The van der Waals surface area contributed by atoms with Crippen molar-refractivity contribution in [3.63, 3.8) is 0 Å². The van der Waals surface area contributed by atoms with Gasteiger partial charge in [0, 0.05) is 24.5 Å². The first kappa shape index (κ1) is 16.0. The smallest absolute Gasteiger partial charge is 0.226 e. The van der Waals surface area contributed by atoms with E-state index in [-0.39, 0.29) is 0 Å². The van der Waals surface area contributed by atoms with E-state index in [4.69, 9.17) is 0 Å². The Morgan fingerprint density at radius 1 is 1.19 bits per heavy atom. The maximum atomic E-state index is 4.62. The second-order valence-electron chi connectivity index (χ2n) is 5.03. The van der Waals surface area contributed by atoms with E-state index in [1.807, 2.05) is 0 Å². The van der Waals surface area contributed by atoms with Gasteiger partial charge in [0.25, 0.3) is 0 Å². The zero-order valence-corrected chi connectivity index (χ0v) is 14.2. The molecule has 0 fully saturated rings. The summed E-state index contributed by atoms with van der Waals surface area (Å²) in [5.74, 6) is 1.65. The van der Waals surface area contributed by atoms with Crippen LogP contribution in [0.15, 0.2) is 6.07 Å². The number of likely N-dealkylation sites (N-methyl/N-ethyl adjacent to an activating group) is 1. The largest absolute Gasteiger partial charge is 0.368 e. The highest BCUT2D eigenvalue weighted by molar-refractivity contribution is 7.18. The lowest BCUT2D eigenvalue weighted by molar-refractivity contribution is 0.367. The van der Waals surface area contributed by atoms with Gasteiger partial charge in [-0.3, -0.25) is 0 Å². The van der Waals surface area contributed by atoms with E-state index in [1.165, 1.54) is 4.88 Å². The fourth-order valence-electron chi connectivity index (χ4n) is 2.04. The lowest BCUT2D eigenvalue weighted by Crippen LogP contribution is -2.25. The van der Waals surface area contributed by atoms with Crippen molar-refractivity contribution in [3.8, 4) is 0 Å². The zero-order valence-electron chi connectivity index (χ0n) is 13.4. The number of hydrogen-bond donors (Lipinski definition) is 2. The first-order valence-corrected chi connectivity index (χ1v) is 8.46. The minimum atomic E-state index is 0.709. The van der Waals surface area contributed by atoms with Crippen molar-refractivity contribution in [3.05, 3.63) is 10.9 Å². The fourth-order valence-corrected chi connectivity index (χ4v) is 3.01. The molecule has 0 aliphatic heterocycles. The molecule has 2 aromatic heterocycles. The van der Waals surface area contributed by atoms with Crippen LogP contribution in [0.2, 0.25) is 0 Å². The Labute approximate surface area is 130 Å². The average molecular weight is 307 g/mol. The number of aryl methyl sites for hydroxylation is 1. The molecule has 0 aromatic carbocycles. The maximum absolute atomic E-state index is 4.62. The Bertz CT molecular complexity index is 581. The summed E-state index contributed by atoms with van der Waals surface area (Å²) in [6.45, 7) is 10.2. The van der Waals surface area contributed by atoms with E-state index in [1.54, 1.807) is 11.3 Å². The van der Waals surface area contributed by atoms with Gasteiger partial charge in [-0.1, -0.05) is 13.8 Å². The standard InChI is InChI=1S/C15H25N5S/c1-5-11-10-12-13(17-8-9-20(4)7-3)18-15(16-6-2)19-14(12)21-11/h10H,5-9H2,1-4H3,(H2,16,17,18,19). The van der Waals surface area contributed by atoms with Crippen molar-refractivity contribution < 1.29 is 0 Å². The van der Waals surface area contributed by atoms with Crippen LogP contribution in [0.3, 0.4) is 0 Å². The monoisotopic (exact) mass is 307 g/mol. The molecule has 0 bridgehead atoms. The van der Waals surface area contributed by atoms with Crippen molar-refractivity contribution in [1.82, 2.24) is 14.9 Å². The summed E-state index contributed by atoms with van der Waals surface area (Å²) in [5, 5.41) is 7.81. The molecule has 2 aromatic rings. The number of thiophene rings is 1. The quantitative estimate of drug-likeness (QED) is 0.785. The van der Waals surface area contributed by atoms with Gasteiger partial charge < -0.3 is 15.5 Å². The van der Waals surface area contributed by atoms with Gasteiger partial charge in [-0.25, -0.2) is 4.98 Å². The molecule has 21 heavy (non-hydrogen) atoms. The predicted octanol–water partition coefficient (Wildman–Crippen LogP) is 3.05. The molecule has 5 nitrogen and oxygen atoms in total. The van der Waals surface area contributed by atoms with Gasteiger partial charge in [-0.15, -0.1) is 11.3 Å². The van der Waals surface area contributed by atoms with Gasteiger partial charge in [0.2, 0.25) is 5.95 Å². The molecule has 0 saturated heterocycles. The number of anilines is 2. The Kier molecular flexibility index (Phi) is 5.76. The molecule has 0 atom stereocenters. The highest BCUT2D eigenvalue weighted by Crippen LogP contribution is 2.30. The Morgan fingerprint density at radius 3 is 2.67 bits per heavy atom. The average Bonchev–Trinajstić information content (AvgIpc) is 2.90. The Morgan fingerprint density at radius 2 is 2.00 bits per heavy atom. The van der Waals surface area contributed by atoms with Crippen LogP contribution < -0.4 is 10.6 Å². The lowest BCUT2D eigenvalue weighted by Gasteiger charge is -2.15. The Hall–Kier alpha value is -1.40. The van der Waals surface area contributed by atoms with Gasteiger partial charge >= 0.3 is 0 Å². The molecule has 0 spiro atoms. The number of nitrogens with one attached hydrogen (secondary N) is 2. The molecule has 2 heterocycles. The van der Waals surface area contributed by atoms with Crippen molar-refractivity contribution in [2.75, 3.05) is 43.9 Å². The third-order valence-electron chi connectivity index (χ3n) is 3.45. The zero-order chi connectivity index (χ0) is 15.2. The number of nitrogens with zero attached hydrogens (tertiary/aromatic N) is 3. The number of aromatic nitrogens is 2. The minimum Gasteiger partial charge on any atom is -0.368 e. The van der Waals surface area contributed by atoms with Crippen molar-refractivity contribution in [2.45, 2.75) is 27.2 Å². The van der Waals surface area contributed by atoms with Crippen LogP contribution >= 0.6 is 11.3 Å². The summed E-state index contributed by atoms with van der Waals surface area (Å²) in [4.78, 5) is 13.9. The summed E-state index contributed by atoms with van der Waals surface area (Å²) in [6.07, 6.45) is 1.04. The van der Waals surface area contributed by atoms with Crippen LogP contribution in [0.4, 0.5) is 11.8 Å². The molecule has 0 saturated carbocycles. The molecule has 2 N–H and O–H groups in total. The normalized spacial score (nSPS) is 11.3.